The summed E-state index contributed by atoms with van der Waals surface area (Å²) in [6, 6.07) is 5.83. The fraction of sp³-hybridized carbons (Fsp3) is 0.333. The molecule has 5 nitrogen and oxygen atoms in total. The number of benzene rings is 1. The molecular weight excluding hydrogens is 381 g/mol. The highest BCUT2D eigenvalue weighted by Gasteiger charge is 2.13. The lowest BCUT2D eigenvalue weighted by Crippen LogP contribution is -2.03. The molecule has 0 spiro atoms. The lowest BCUT2D eigenvalue weighted by Gasteiger charge is -2.10. The molecule has 0 aliphatic carbocycles. The zero-order chi connectivity index (χ0) is 14.7. The minimum Gasteiger partial charge on any atom is -0.490 e. The van der Waals surface area contributed by atoms with Crippen molar-refractivity contribution in [2.24, 2.45) is 0 Å². The van der Waals surface area contributed by atoms with Gasteiger partial charge in [0.25, 0.3) is 0 Å². The number of halogens is 1. The Morgan fingerprint density at radius 3 is 2.86 bits per heavy atom. The average molecular weight is 397 g/mol. The first-order valence-corrected chi connectivity index (χ1v) is 8.02. The van der Waals surface area contributed by atoms with Gasteiger partial charge < -0.3 is 14.8 Å². The predicted octanol–water partition coefficient (Wildman–Crippen LogP) is 3.34. The molecule has 0 bridgehead atoms. The molecule has 0 amide bonds. The van der Waals surface area contributed by atoms with Crippen molar-refractivity contribution in [1.82, 2.24) is 9.97 Å². The molecule has 1 aromatic carbocycles. The Labute approximate surface area is 137 Å². The molecule has 110 valence electrons. The second-order valence-corrected chi connectivity index (χ2v) is 5.79. The van der Waals surface area contributed by atoms with Crippen molar-refractivity contribution in [2.75, 3.05) is 25.1 Å². The number of ether oxygens (including phenoxy) is 2. The number of hydrogen-bond donors (Lipinski definition) is 1. The van der Waals surface area contributed by atoms with Crippen LogP contribution >= 0.6 is 22.6 Å². The number of nitrogens with zero attached hydrogens (tertiary/aromatic N) is 2. The Kier molecular flexibility index (Phi) is 4.42. The molecule has 0 saturated heterocycles. The number of aromatic nitrogens is 2. The van der Waals surface area contributed by atoms with Crippen LogP contribution in [0.1, 0.15) is 13.3 Å². The van der Waals surface area contributed by atoms with E-state index in [1.807, 2.05) is 31.3 Å². The summed E-state index contributed by atoms with van der Waals surface area (Å²) < 4.78 is 12.4. The highest BCUT2D eigenvalue weighted by molar-refractivity contribution is 14.1. The molecule has 2 heterocycles. The molecule has 1 N–H and O–H groups in total. The molecule has 0 atom stereocenters. The second-order valence-electron chi connectivity index (χ2n) is 4.63. The van der Waals surface area contributed by atoms with Crippen molar-refractivity contribution in [1.29, 1.82) is 0 Å². The minimum atomic E-state index is 0.673. The van der Waals surface area contributed by atoms with E-state index in [0.717, 1.165) is 39.4 Å². The van der Waals surface area contributed by atoms with E-state index in [1.54, 1.807) is 0 Å². The zero-order valence-electron chi connectivity index (χ0n) is 11.7. The Balaban J connectivity index is 1.97. The van der Waals surface area contributed by atoms with Crippen LogP contribution in [0.4, 0.5) is 5.82 Å². The Bertz CT molecular complexity index is 649. The third-order valence-corrected chi connectivity index (χ3v) is 3.88. The van der Waals surface area contributed by atoms with Gasteiger partial charge in [0.2, 0.25) is 0 Å². The van der Waals surface area contributed by atoms with Gasteiger partial charge in [0.1, 0.15) is 5.82 Å². The van der Waals surface area contributed by atoms with E-state index in [9.17, 15) is 0 Å². The van der Waals surface area contributed by atoms with Crippen LogP contribution in [-0.4, -0.2) is 29.7 Å². The van der Waals surface area contributed by atoms with Crippen LogP contribution in [0.2, 0.25) is 0 Å². The SMILES string of the molecule is CCNc1nc(-c2ccc3c(c2)OCCCO3)ncc1I. The standard InChI is InChI=1S/C15H16IN3O2/c1-2-17-15-11(16)9-18-14(19-15)10-4-5-12-13(8-10)21-7-3-6-20-12/h4-5,8-9H,2-3,6-7H2,1H3,(H,17,18,19). The van der Waals surface area contributed by atoms with Crippen molar-refractivity contribution in [3.8, 4) is 22.9 Å². The first kappa shape index (κ1) is 14.4. The van der Waals surface area contributed by atoms with E-state index in [4.69, 9.17) is 9.47 Å². The molecular formula is C15H16IN3O2. The van der Waals surface area contributed by atoms with Crippen LogP contribution < -0.4 is 14.8 Å². The molecule has 1 aliphatic rings. The van der Waals surface area contributed by atoms with E-state index in [2.05, 4.69) is 37.9 Å². The van der Waals surface area contributed by atoms with Gasteiger partial charge in [-0.3, -0.25) is 0 Å². The van der Waals surface area contributed by atoms with Crippen LogP contribution in [-0.2, 0) is 0 Å². The van der Waals surface area contributed by atoms with Crippen LogP contribution in [0.3, 0.4) is 0 Å². The molecule has 6 heteroatoms. The van der Waals surface area contributed by atoms with Gasteiger partial charge in [0, 0.05) is 24.7 Å². The predicted molar refractivity (Wildman–Crippen MR) is 90.0 cm³/mol. The summed E-state index contributed by atoms with van der Waals surface area (Å²) in [5.41, 5.74) is 0.926. The van der Waals surface area contributed by atoms with Crippen molar-refractivity contribution < 1.29 is 9.47 Å². The quantitative estimate of drug-likeness (QED) is 0.806. The lowest BCUT2D eigenvalue weighted by molar-refractivity contribution is 0.297. The summed E-state index contributed by atoms with van der Waals surface area (Å²) in [5, 5.41) is 3.24. The van der Waals surface area contributed by atoms with E-state index in [-0.39, 0.29) is 0 Å². The maximum absolute atomic E-state index is 5.71. The van der Waals surface area contributed by atoms with Crippen LogP contribution in [0.5, 0.6) is 11.5 Å². The fourth-order valence-electron chi connectivity index (χ4n) is 2.10. The summed E-state index contributed by atoms with van der Waals surface area (Å²) in [5.74, 6) is 3.09. The van der Waals surface area contributed by atoms with E-state index in [1.165, 1.54) is 0 Å². The smallest absolute Gasteiger partial charge is 0.161 e. The lowest BCUT2D eigenvalue weighted by atomic mass is 10.2. The second kappa shape index (κ2) is 6.46. The molecule has 0 radical (unpaired) electrons. The van der Waals surface area contributed by atoms with Crippen molar-refractivity contribution in [3.63, 3.8) is 0 Å². The molecule has 3 rings (SSSR count). The molecule has 2 aromatic rings. The largest absolute Gasteiger partial charge is 0.490 e. The number of rotatable bonds is 3. The summed E-state index contributed by atoms with van der Waals surface area (Å²) in [4.78, 5) is 8.99. The zero-order valence-corrected chi connectivity index (χ0v) is 13.9. The van der Waals surface area contributed by atoms with Gasteiger partial charge in [-0.2, -0.15) is 0 Å². The van der Waals surface area contributed by atoms with E-state index < -0.39 is 0 Å². The summed E-state index contributed by atoms with van der Waals surface area (Å²) in [6.07, 6.45) is 2.72. The monoisotopic (exact) mass is 397 g/mol. The molecule has 21 heavy (non-hydrogen) atoms. The van der Waals surface area contributed by atoms with Crippen LogP contribution in [0, 0.1) is 3.57 Å². The first-order valence-electron chi connectivity index (χ1n) is 6.94. The van der Waals surface area contributed by atoms with Crippen LogP contribution in [0.15, 0.2) is 24.4 Å². The highest BCUT2D eigenvalue weighted by Crippen LogP contribution is 2.33. The molecule has 1 aromatic heterocycles. The number of nitrogens with one attached hydrogen (secondary N) is 1. The van der Waals surface area contributed by atoms with Crippen molar-refractivity contribution >= 4 is 28.4 Å². The minimum absolute atomic E-state index is 0.673. The van der Waals surface area contributed by atoms with E-state index >= 15 is 0 Å². The first-order chi connectivity index (χ1) is 10.3. The van der Waals surface area contributed by atoms with Gasteiger partial charge in [0.15, 0.2) is 17.3 Å². The van der Waals surface area contributed by atoms with Crippen LogP contribution in [0.25, 0.3) is 11.4 Å². The maximum Gasteiger partial charge on any atom is 0.161 e. The highest BCUT2D eigenvalue weighted by atomic mass is 127. The topological polar surface area (TPSA) is 56.3 Å². The summed E-state index contributed by atoms with van der Waals surface area (Å²) in [7, 11) is 0. The van der Waals surface area contributed by atoms with Crippen molar-refractivity contribution in [2.45, 2.75) is 13.3 Å². The van der Waals surface area contributed by atoms with Gasteiger partial charge in [-0.15, -0.1) is 0 Å². The molecule has 0 fully saturated rings. The van der Waals surface area contributed by atoms with Crippen molar-refractivity contribution in [3.05, 3.63) is 28.0 Å². The van der Waals surface area contributed by atoms with Gasteiger partial charge >= 0.3 is 0 Å². The van der Waals surface area contributed by atoms with Gasteiger partial charge in [-0.05, 0) is 47.7 Å². The number of hydrogen-bond acceptors (Lipinski definition) is 5. The third kappa shape index (κ3) is 3.20. The summed E-state index contributed by atoms with van der Waals surface area (Å²) >= 11 is 2.23. The maximum atomic E-state index is 5.71. The molecule has 0 saturated carbocycles. The van der Waals surface area contributed by atoms with Gasteiger partial charge in [-0.1, -0.05) is 0 Å². The molecule has 1 aliphatic heterocycles. The number of fused-ring (bicyclic) bond motifs is 1. The Hall–Kier alpha value is -1.57. The Morgan fingerprint density at radius 1 is 1.24 bits per heavy atom. The van der Waals surface area contributed by atoms with Gasteiger partial charge in [-0.25, -0.2) is 9.97 Å². The number of anilines is 1. The van der Waals surface area contributed by atoms with Gasteiger partial charge in [0.05, 0.1) is 16.8 Å². The normalized spacial score (nSPS) is 13.6. The third-order valence-electron chi connectivity index (χ3n) is 3.09. The summed E-state index contributed by atoms with van der Waals surface area (Å²) in [6.45, 7) is 4.24. The van der Waals surface area contributed by atoms with E-state index in [0.29, 0.717) is 19.0 Å². The Morgan fingerprint density at radius 2 is 2.05 bits per heavy atom. The molecule has 0 unspecified atom stereocenters. The average Bonchev–Trinajstić information content (AvgIpc) is 2.74. The fourth-order valence-corrected chi connectivity index (χ4v) is 2.55.